The molecular weight excluding hydrogens is 1400 g/mol. The molecule has 0 spiro atoms. The molecule has 0 aromatic heterocycles. The van der Waals surface area contributed by atoms with E-state index in [2.05, 4.69) is 174 Å². The Morgan fingerprint density at radius 2 is 0.391 bits per heavy atom. The number of carbonyl (C=O) groups is 4. The van der Waals surface area contributed by atoms with Gasteiger partial charge in [-0.2, -0.15) is 0 Å². The average molecular weight is 1490 g/mol. The smallest absolute Gasteiger partial charge is 0.286 e. The van der Waals surface area contributed by atoms with Crippen molar-refractivity contribution in [3.8, 4) is 0 Å². The average Bonchev–Trinajstić information content (AvgIpc) is 1.60. The maximum Gasteiger partial charge on any atom is 0.330 e. The first-order valence-corrected chi connectivity index (χ1v) is 38.2. The molecule has 0 radical (unpaired) electrons. The highest BCUT2D eigenvalue weighted by Gasteiger charge is 2.57. The third-order valence-corrected chi connectivity index (χ3v) is 21.9. The van der Waals surface area contributed by atoms with E-state index in [0.717, 1.165) is 73.3 Å². The van der Waals surface area contributed by atoms with Gasteiger partial charge in [0, 0.05) is 55.5 Å². The number of halogens is 2. The lowest BCUT2D eigenvalue weighted by atomic mass is 9.87. The zero-order valence-corrected chi connectivity index (χ0v) is 66.0. The molecule has 0 N–H and O–H groups in total. The van der Waals surface area contributed by atoms with Crippen molar-refractivity contribution < 1.29 is 19.2 Å². The molecule has 2 unspecified atom stereocenters. The number of rotatable bonds is 12. The van der Waals surface area contributed by atoms with Gasteiger partial charge in [0.25, 0.3) is 0 Å². The number of nitrogens with zero attached hydrogens (tertiary/aromatic N) is 8. The number of amides is 8. The van der Waals surface area contributed by atoms with Crippen LogP contribution in [0.5, 0.6) is 0 Å². The molecule has 0 aliphatic carbocycles. The van der Waals surface area contributed by atoms with E-state index < -0.39 is 22.2 Å². The number of para-hydroxylation sites is 6. The Balaban J connectivity index is 0.000000129. The van der Waals surface area contributed by atoms with Gasteiger partial charge in [0.15, 0.2) is 0 Å². The molecule has 12 nitrogen and oxygen atoms in total. The van der Waals surface area contributed by atoms with Crippen molar-refractivity contribution in [3.63, 3.8) is 0 Å². The number of carbonyl (C=O) groups excluding carboxylic acids is 4. The number of anilines is 8. The van der Waals surface area contributed by atoms with Gasteiger partial charge in [-0.1, -0.05) is 252 Å². The van der Waals surface area contributed by atoms with Crippen LogP contribution in [0.15, 0.2) is 328 Å². The van der Waals surface area contributed by atoms with Crippen LogP contribution < -0.4 is 39.2 Å². The van der Waals surface area contributed by atoms with Gasteiger partial charge in [-0.15, -0.1) is 0 Å². The van der Waals surface area contributed by atoms with Gasteiger partial charge in [0.2, 0.25) is 0 Å². The van der Waals surface area contributed by atoms with Crippen LogP contribution in [0.1, 0.15) is 124 Å². The van der Waals surface area contributed by atoms with E-state index in [0.29, 0.717) is 10.0 Å². The third kappa shape index (κ3) is 15.1. The van der Waals surface area contributed by atoms with Crippen LogP contribution in [-0.4, -0.2) is 46.3 Å². The lowest BCUT2D eigenvalue weighted by Crippen LogP contribution is -2.43. The van der Waals surface area contributed by atoms with Crippen molar-refractivity contribution in [2.45, 2.75) is 129 Å². The van der Waals surface area contributed by atoms with Crippen LogP contribution in [0.2, 0.25) is 10.0 Å². The minimum absolute atomic E-state index is 0.00362. The maximum absolute atomic E-state index is 13.7. The zero-order valence-electron chi connectivity index (χ0n) is 64.5. The summed E-state index contributed by atoms with van der Waals surface area (Å²) < 4.78 is 0. The van der Waals surface area contributed by atoms with Gasteiger partial charge in [-0.3, -0.25) is 39.2 Å². The number of hydrogen-bond donors (Lipinski definition) is 0. The number of urea groups is 4. The summed E-state index contributed by atoms with van der Waals surface area (Å²) >= 11 is 12.2. The van der Waals surface area contributed by atoms with Crippen molar-refractivity contribution in [2.24, 2.45) is 0 Å². The minimum atomic E-state index is -0.502. The third-order valence-electron chi connectivity index (χ3n) is 21.4. The lowest BCUT2D eigenvalue weighted by molar-refractivity contribution is 0.253. The predicted octanol–water partition coefficient (Wildman–Crippen LogP) is 25.2. The van der Waals surface area contributed by atoms with Gasteiger partial charge in [-0.25, -0.2) is 19.2 Å². The number of benzene rings is 12. The summed E-state index contributed by atoms with van der Waals surface area (Å²) in [7, 11) is 0. The van der Waals surface area contributed by atoms with Gasteiger partial charge in [-0.05, 0) is 227 Å². The Hall–Kier alpha value is -11.7. The number of hydrogen-bond acceptors (Lipinski definition) is 4. The number of aryl methyl sites for hydroxylation is 4. The standard InChI is InChI=1S/C24H22Cl2N2O.3C24H24N2O/c1-16-5-4-6-17(15-16)22-24(2,3)28(21-13-9-19(26)10-14-21)23(29)27(22)20-11-7-18(25)8-12-20;3*1-18-11-10-12-19(17-18)22-24(2,3)26(21-15-8-5-9-16-21)23(27)25(22)20-13-6-4-7-14-20/h4-15,22H,1-3H3;3*4-17,22H,1-3H3/t;2*22-;/m.10./s1. The molecule has 14 heteroatoms. The van der Waals surface area contributed by atoms with E-state index in [1.54, 1.807) is 0 Å². The fourth-order valence-electron chi connectivity index (χ4n) is 16.7. The molecule has 4 aliphatic rings. The van der Waals surface area contributed by atoms with E-state index in [1.807, 2.05) is 276 Å². The van der Waals surface area contributed by atoms with E-state index in [-0.39, 0.29) is 48.3 Å². The molecular formula is C96H94Cl2N8O4. The highest BCUT2D eigenvalue weighted by Crippen LogP contribution is 2.53. The topological polar surface area (TPSA) is 94.2 Å². The fraction of sp³-hybridized carbons (Fsp3) is 0.208. The molecule has 0 saturated carbocycles. The maximum atomic E-state index is 13.7. The fourth-order valence-corrected chi connectivity index (χ4v) is 17.0. The molecule has 0 bridgehead atoms. The monoisotopic (exact) mass is 1490 g/mol. The van der Waals surface area contributed by atoms with Gasteiger partial charge >= 0.3 is 24.1 Å². The van der Waals surface area contributed by atoms with Crippen LogP contribution in [0, 0.1) is 27.7 Å². The molecule has 4 heterocycles. The van der Waals surface area contributed by atoms with Gasteiger partial charge in [0.05, 0.1) is 46.3 Å². The highest BCUT2D eigenvalue weighted by atomic mass is 35.5. The summed E-state index contributed by atoms with van der Waals surface area (Å²) in [6, 6.07) is 108. The summed E-state index contributed by atoms with van der Waals surface area (Å²) in [6.45, 7) is 25.4. The molecule has 4 atom stereocenters. The Morgan fingerprint density at radius 3 is 0.591 bits per heavy atom. The molecule has 556 valence electrons. The van der Waals surface area contributed by atoms with E-state index in [4.69, 9.17) is 23.2 Å². The second kappa shape index (κ2) is 31.9. The molecule has 4 aliphatic heterocycles. The van der Waals surface area contributed by atoms with Crippen LogP contribution in [0.3, 0.4) is 0 Å². The molecule has 8 amide bonds. The Morgan fingerprint density at radius 1 is 0.218 bits per heavy atom. The molecule has 12 aromatic carbocycles. The van der Waals surface area contributed by atoms with E-state index in [9.17, 15) is 19.2 Å². The first kappa shape index (κ1) is 76.5. The van der Waals surface area contributed by atoms with Crippen LogP contribution in [0.4, 0.5) is 64.7 Å². The molecule has 12 aromatic rings. The summed E-state index contributed by atoms with van der Waals surface area (Å²) in [5.74, 6) is 0. The second-order valence-corrected chi connectivity index (χ2v) is 31.7. The van der Waals surface area contributed by atoms with Crippen molar-refractivity contribution in [1.29, 1.82) is 0 Å². The first-order chi connectivity index (χ1) is 52.8. The second-order valence-electron chi connectivity index (χ2n) is 30.8. The van der Waals surface area contributed by atoms with Crippen LogP contribution in [-0.2, 0) is 0 Å². The predicted molar refractivity (Wildman–Crippen MR) is 455 cm³/mol. The van der Waals surface area contributed by atoms with Crippen molar-refractivity contribution >= 4 is 92.8 Å². The molecule has 110 heavy (non-hydrogen) atoms. The zero-order chi connectivity index (χ0) is 77.8. The van der Waals surface area contributed by atoms with Gasteiger partial charge < -0.3 is 0 Å². The van der Waals surface area contributed by atoms with Crippen molar-refractivity contribution in [2.75, 3.05) is 39.2 Å². The lowest BCUT2D eigenvalue weighted by Gasteiger charge is -2.35. The largest absolute Gasteiger partial charge is 0.330 e. The molecule has 4 fully saturated rings. The molecule has 16 rings (SSSR count). The Bertz CT molecular complexity index is 4830. The van der Waals surface area contributed by atoms with Crippen molar-refractivity contribution in [3.05, 3.63) is 382 Å². The quantitative estimate of drug-likeness (QED) is 0.122. The Kier molecular flexibility index (Phi) is 22.2. The van der Waals surface area contributed by atoms with Crippen molar-refractivity contribution in [1.82, 2.24) is 0 Å². The summed E-state index contributed by atoms with van der Waals surface area (Å²) in [5.41, 5.74) is 14.7. The Labute approximate surface area is 658 Å². The summed E-state index contributed by atoms with van der Waals surface area (Å²) in [5, 5.41) is 1.28. The first-order valence-electron chi connectivity index (χ1n) is 37.4. The normalized spacial score (nSPS) is 18.7. The van der Waals surface area contributed by atoms with Crippen LogP contribution >= 0.6 is 23.2 Å². The molecule has 4 saturated heterocycles. The highest BCUT2D eigenvalue weighted by molar-refractivity contribution is 6.31. The van der Waals surface area contributed by atoms with E-state index >= 15 is 0 Å². The van der Waals surface area contributed by atoms with Crippen LogP contribution in [0.25, 0.3) is 0 Å². The summed E-state index contributed by atoms with van der Waals surface area (Å²) in [6.07, 6.45) is 0. The van der Waals surface area contributed by atoms with E-state index in [1.165, 1.54) is 16.7 Å². The van der Waals surface area contributed by atoms with Gasteiger partial charge in [0.1, 0.15) is 0 Å². The SMILES string of the molecule is Cc1cccc(C2N(c3ccc(Cl)cc3)C(=O)N(c3ccc(Cl)cc3)C2(C)C)c1.Cc1cccc(C2N(c3ccccc3)C(=O)N(c3ccccc3)C2(C)C)c1.Cc1cccc([C@@H]2N(c3ccccc3)C(=O)N(c3ccccc3)C2(C)C)c1.Cc1cccc([C@H]2N(c3ccccc3)C(=O)N(c3ccccc3)C2(C)C)c1. The summed E-state index contributed by atoms with van der Waals surface area (Å²) in [4.78, 5) is 70.0. The minimum Gasteiger partial charge on any atom is -0.286 e.